The van der Waals surface area contributed by atoms with Crippen molar-refractivity contribution in [1.29, 1.82) is 0 Å². The number of hydrogen-bond donors (Lipinski definition) is 0. The highest BCUT2D eigenvalue weighted by Crippen LogP contribution is 2.33. The van der Waals surface area contributed by atoms with E-state index in [1.54, 1.807) is 0 Å². The molecule has 1 aliphatic heterocycles. The second-order valence-electron chi connectivity index (χ2n) is 9.08. The zero-order valence-electron chi connectivity index (χ0n) is 20.1. The third-order valence-electron chi connectivity index (χ3n) is 6.39. The normalized spacial score (nSPS) is 14.9. The van der Waals surface area contributed by atoms with Crippen LogP contribution in [0.3, 0.4) is 0 Å². The van der Waals surface area contributed by atoms with Gasteiger partial charge in [-0.15, -0.1) is 0 Å². The van der Waals surface area contributed by atoms with Crippen molar-refractivity contribution in [3.05, 3.63) is 35.1 Å². The molecule has 1 aromatic carbocycles. The molecule has 0 radical (unpaired) electrons. The van der Waals surface area contributed by atoms with Crippen LogP contribution in [0.4, 0.5) is 17.6 Å². The second-order valence-corrected chi connectivity index (χ2v) is 9.08. The van der Waals surface area contributed by atoms with Crippen molar-refractivity contribution in [3.8, 4) is 0 Å². The monoisotopic (exact) mass is 487 g/mol. The van der Waals surface area contributed by atoms with E-state index in [0.29, 0.717) is 25.5 Å². The van der Waals surface area contributed by atoms with Crippen LogP contribution in [0.5, 0.6) is 0 Å². The fourth-order valence-corrected chi connectivity index (χ4v) is 4.28. The van der Waals surface area contributed by atoms with Crippen molar-refractivity contribution >= 4 is 11.9 Å². The Balaban J connectivity index is 1.64. The summed E-state index contributed by atoms with van der Waals surface area (Å²) >= 11 is 0. The lowest BCUT2D eigenvalue weighted by Gasteiger charge is -2.31. The molecule has 0 aliphatic carbocycles. The van der Waals surface area contributed by atoms with Crippen molar-refractivity contribution in [2.24, 2.45) is 5.92 Å². The minimum absolute atomic E-state index is 0.173. The minimum atomic E-state index is -4.87. The summed E-state index contributed by atoms with van der Waals surface area (Å²) < 4.78 is 58.4. The number of nitrogens with zero attached hydrogens (tertiary/aromatic N) is 1. The Morgan fingerprint density at radius 1 is 0.941 bits per heavy atom. The van der Waals surface area contributed by atoms with Crippen LogP contribution in [-0.4, -0.2) is 36.5 Å². The number of benzene rings is 1. The first-order valence-electron chi connectivity index (χ1n) is 12.6. The topological polar surface area (TPSA) is 46.6 Å². The van der Waals surface area contributed by atoms with Gasteiger partial charge in [-0.3, -0.25) is 9.59 Å². The van der Waals surface area contributed by atoms with Gasteiger partial charge in [0.25, 0.3) is 5.91 Å². The first-order valence-corrected chi connectivity index (χ1v) is 12.6. The average molecular weight is 488 g/mol. The van der Waals surface area contributed by atoms with Gasteiger partial charge in [0.1, 0.15) is 5.82 Å². The van der Waals surface area contributed by atoms with E-state index in [4.69, 9.17) is 4.74 Å². The molecule has 1 heterocycles. The van der Waals surface area contributed by atoms with E-state index in [9.17, 15) is 27.2 Å². The molecule has 0 unspecified atom stereocenters. The van der Waals surface area contributed by atoms with E-state index in [1.807, 2.05) is 0 Å². The minimum Gasteiger partial charge on any atom is -0.465 e. The largest absolute Gasteiger partial charge is 0.465 e. The Kier molecular flexibility index (Phi) is 11.8. The van der Waals surface area contributed by atoms with E-state index in [1.165, 1.54) is 49.8 Å². The molecule has 1 aliphatic rings. The predicted octanol–water partition coefficient (Wildman–Crippen LogP) is 7.16. The van der Waals surface area contributed by atoms with Gasteiger partial charge in [-0.05, 0) is 31.4 Å². The predicted molar refractivity (Wildman–Crippen MR) is 123 cm³/mol. The van der Waals surface area contributed by atoms with Crippen molar-refractivity contribution in [2.45, 2.75) is 90.1 Å². The number of halogens is 4. The molecule has 34 heavy (non-hydrogen) atoms. The molecular weight excluding hydrogens is 450 g/mol. The number of rotatable bonds is 13. The second kappa shape index (κ2) is 14.3. The van der Waals surface area contributed by atoms with Gasteiger partial charge >= 0.3 is 12.1 Å². The van der Waals surface area contributed by atoms with Gasteiger partial charge in [0.05, 0.1) is 23.7 Å². The van der Waals surface area contributed by atoms with E-state index in [2.05, 4.69) is 6.92 Å². The lowest BCUT2D eigenvalue weighted by molar-refractivity contribution is -0.150. The summed E-state index contributed by atoms with van der Waals surface area (Å²) in [6, 6.07) is 2.69. The van der Waals surface area contributed by atoms with Gasteiger partial charge in [-0.25, -0.2) is 4.39 Å². The highest BCUT2D eigenvalue weighted by molar-refractivity contribution is 5.95. The number of esters is 1. The fourth-order valence-electron chi connectivity index (χ4n) is 4.28. The van der Waals surface area contributed by atoms with Crippen molar-refractivity contribution in [3.63, 3.8) is 0 Å². The average Bonchev–Trinajstić information content (AvgIpc) is 2.81. The maximum absolute atomic E-state index is 14.3. The van der Waals surface area contributed by atoms with Crippen LogP contribution in [0.1, 0.15) is 99.9 Å². The third kappa shape index (κ3) is 8.91. The smallest absolute Gasteiger partial charge is 0.419 e. The van der Waals surface area contributed by atoms with Gasteiger partial charge in [-0.2, -0.15) is 13.2 Å². The van der Waals surface area contributed by atoms with Gasteiger partial charge in [-0.1, -0.05) is 70.8 Å². The van der Waals surface area contributed by atoms with Crippen LogP contribution in [-0.2, 0) is 15.7 Å². The first kappa shape index (κ1) is 28.1. The SMILES string of the molecule is CCCCCCCCCCCCOC(=O)C1CCN(C(=O)c2cccc(C(F)(F)F)c2F)CC1. The third-order valence-corrected chi connectivity index (χ3v) is 6.39. The van der Waals surface area contributed by atoms with Crippen LogP contribution in [0.25, 0.3) is 0 Å². The number of amides is 1. The molecule has 0 bridgehead atoms. The van der Waals surface area contributed by atoms with Crippen LogP contribution < -0.4 is 0 Å². The number of ether oxygens (including phenoxy) is 1. The number of alkyl halides is 3. The van der Waals surface area contributed by atoms with Crippen molar-refractivity contribution in [2.75, 3.05) is 19.7 Å². The van der Waals surface area contributed by atoms with Crippen LogP contribution >= 0.6 is 0 Å². The molecular formula is C26H37F4NO3. The lowest BCUT2D eigenvalue weighted by Crippen LogP contribution is -2.41. The fraction of sp³-hybridized carbons (Fsp3) is 0.692. The quantitative estimate of drug-likeness (QED) is 0.168. The highest BCUT2D eigenvalue weighted by Gasteiger charge is 2.37. The number of piperidine rings is 1. The summed E-state index contributed by atoms with van der Waals surface area (Å²) in [6.45, 7) is 2.94. The van der Waals surface area contributed by atoms with Gasteiger partial charge in [0.2, 0.25) is 0 Å². The Morgan fingerprint density at radius 3 is 2.06 bits per heavy atom. The molecule has 1 saturated heterocycles. The first-order chi connectivity index (χ1) is 16.3. The van der Waals surface area contributed by atoms with Crippen LogP contribution in [0.2, 0.25) is 0 Å². The zero-order valence-corrected chi connectivity index (χ0v) is 20.1. The number of likely N-dealkylation sites (tertiary alicyclic amines) is 1. The summed E-state index contributed by atoms with van der Waals surface area (Å²) in [4.78, 5) is 26.2. The number of hydrogen-bond acceptors (Lipinski definition) is 3. The van der Waals surface area contributed by atoms with E-state index < -0.39 is 29.0 Å². The summed E-state index contributed by atoms with van der Waals surface area (Å²) in [6.07, 6.45) is 7.78. The molecule has 1 fully saturated rings. The maximum atomic E-state index is 14.3. The maximum Gasteiger partial charge on any atom is 0.419 e. The molecule has 0 N–H and O–H groups in total. The van der Waals surface area contributed by atoms with Gasteiger partial charge in [0.15, 0.2) is 0 Å². The summed E-state index contributed by atoms with van der Waals surface area (Å²) in [5.41, 5.74) is -2.06. The zero-order chi connectivity index (χ0) is 25.0. The van der Waals surface area contributed by atoms with Gasteiger partial charge < -0.3 is 9.64 Å². The summed E-state index contributed by atoms with van der Waals surface area (Å²) in [5.74, 6) is -2.99. The standard InChI is InChI=1S/C26H37F4NO3/c1-2-3-4-5-6-7-8-9-10-11-19-34-25(33)20-15-17-31(18-16-20)24(32)21-13-12-14-22(23(21)27)26(28,29)30/h12-14,20H,2-11,15-19H2,1H3. The lowest BCUT2D eigenvalue weighted by atomic mass is 9.96. The molecule has 0 aromatic heterocycles. The van der Waals surface area contributed by atoms with E-state index in [0.717, 1.165) is 31.4 Å². The van der Waals surface area contributed by atoms with E-state index >= 15 is 0 Å². The highest BCUT2D eigenvalue weighted by atomic mass is 19.4. The summed E-state index contributed by atoms with van der Waals surface area (Å²) in [7, 11) is 0. The molecule has 0 saturated carbocycles. The molecule has 0 spiro atoms. The van der Waals surface area contributed by atoms with Crippen molar-refractivity contribution in [1.82, 2.24) is 4.90 Å². The Morgan fingerprint density at radius 2 is 1.50 bits per heavy atom. The molecule has 8 heteroatoms. The summed E-state index contributed by atoms with van der Waals surface area (Å²) in [5, 5.41) is 0. The molecule has 192 valence electrons. The number of carbonyl (C=O) groups excluding carboxylic acids is 2. The number of unbranched alkanes of at least 4 members (excludes halogenated alkanes) is 9. The molecule has 1 amide bonds. The van der Waals surface area contributed by atoms with E-state index in [-0.39, 0.29) is 25.0 Å². The molecule has 0 atom stereocenters. The number of carbonyl (C=O) groups is 2. The van der Waals surface area contributed by atoms with Crippen molar-refractivity contribution < 1.29 is 31.9 Å². The Bertz CT molecular complexity index is 774. The van der Waals surface area contributed by atoms with Gasteiger partial charge in [0, 0.05) is 13.1 Å². The Labute approximate surface area is 200 Å². The molecule has 1 aromatic rings. The van der Waals surface area contributed by atoms with Crippen LogP contribution in [0, 0.1) is 11.7 Å². The van der Waals surface area contributed by atoms with Crippen LogP contribution in [0.15, 0.2) is 18.2 Å². The molecule has 4 nitrogen and oxygen atoms in total. The Hall–Kier alpha value is -2.12. The molecule has 2 rings (SSSR count).